The van der Waals surface area contributed by atoms with E-state index in [0.29, 0.717) is 55.6 Å². The largest absolute Gasteiger partial charge is 0.488 e. The SMILES string of the molecule is CC(C)c1cc(CCc2onc(C(N)=O)c2-c2noc(CN3CCCCC3)n2)c(OCc2ccccc2)cc1OCc1ccccc1. The molecule has 0 atom stereocenters. The Labute approximate surface area is 274 Å². The number of nitrogens with zero attached hydrogens (tertiary/aromatic N) is 4. The number of aryl methyl sites for hydroxylation is 2. The summed E-state index contributed by atoms with van der Waals surface area (Å²) in [7, 11) is 0. The fourth-order valence-corrected chi connectivity index (χ4v) is 5.87. The highest BCUT2D eigenvalue weighted by atomic mass is 16.5. The quantitative estimate of drug-likeness (QED) is 0.139. The zero-order chi connectivity index (χ0) is 32.6. The minimum absolute atomic E-state index is 0.0154. The van der Waals surface area contributed by atoms with Crippen molar-refractivity contribution in [3.05, 3.63) is 112 Å². The van der Waals surface area contributed by atoms with Crippen molar-refractivity contribution >= 4 is 5.91 Å². The molecule has 1 saturated heterocycles. The molecule has 0 aliphatic carbocycles. The number of ether oxygens (including phenoxy) is 2. The van der Waals surface area contributed by atoms with Crippen LogP contribution in [-0.2, 0) is 32.6 Å². The number of primary amides is 1. The number of likely N-dealkylation sites (tertiary alicyclic amines) is 1. The monoisotopic (exact) mass is 635 g/mol. The van der Waals surface area contributed by atoms with E-state index in [1.54, 1.807) is 0 Å². The molecule has 3 aromatic carbocycles. The number of carbonyl (C=O) groups is 1. The minimum atomic E-state index is -0.716. The van der Waals surface area contributed by atoms with Gasteiger partial charge in [-0.05, 0) is 66.6 Å². The molecule has 6 rings (SSSR count). The third-order valence-corrected chi connectivity index (χ3v) is 8.41. The van der Waals surface area contributed by atoms with Crippen LogP contribution in [0.4, 0.5) is 0 Å². The number of rotatable bonds is 14. The molecular weight excluding hydrogens is 594 g/mol. The van der Waals surface area contributed by atoms with Crippen LogP contribution in [0.25, 0.3) is 11.4 Å². The summed E-state index contributed by atoms with van der Waals surface area (Å²) in [4.78, 5) is 19.3. The number of benzene rings is 3. The highest BCUT2D eigenvalue weighted by molar-refractivity contribution is 5.97. The van der Waals surface area contributed by atoms with E-state index in [4.69, 9.17) is 24.3 Å². The van der Waals surface area contributed by atoms with Crippen molar-refractivity contribution in [2.45, 2.75) is 71.6 Å². The lowest BCUT2D eigenvalue weighted by molar-refractivity contribution is 0.0992. The van der Waals surface area contributed by atoms with Gasteiger partial charge in [0.05, 0.1) is 12.1 Å². The molecule has 1 amide bonds. The van der Waals surface area contributed by atoms with E-state index in [2.05, 4.69) is 40.1 Å². The van der Waals surface area contributed by atoms with Crippen molar-refractivity contribution in [1.29, 1.82) is 0 Å². The summed E-state index contributed by atoms with van der Waals surface area (Å²) in [5, 5.41) is 8.20. The first-order valence-corrected chi connectivity index (χ1v) is 16.3. The predicted molar refractivity (Wildman–Crippen MR) is 177 cm³/mol. The zero-order valence-electron chi connectivity index (χ0n) is 27.0. The molecule has 1 aliphatic rings. The molecule has 1 fully saturated rings. The van der Waals surface area contributed by atoms with Gasteiger partial charge in [-0.1, -0.05) is 91.2 Å². The van der Waals surface area contributed by atoms with Crippen molar-refractivity contribution in [3.8, 4) is 22.9 Å². The lowest BCUT2D eigenvalue weighted by atomic mass is 9.96. The third kappa shape index (κ3) is 8.07. The molecular formula is C37H41N5O5. The van der Waals surface area contributed by atoms with Gasteiger partial charge in [-0.25, -0.2) is 0 Å². The molecule has 0 radical (unpaired) electrons. The van der Waals surface area contributed by atoms with Crippen molar-refractivity contribution in [3.63, 3.8) is 0 Å². The first kappa shape index (κ1) is 32.0. The van der Waals surface area contributed by atoms with Crippen LogP contribution in [0.15, 0.2) is 81.8 Å². The van der Waals surface area contributed by atoms with Gasteiger partial charge >= 0.3 is 0 Å². The Balaban J connectivity index is 1.28. The smallest absolute Gasteiger partial charge is 0.271 e. The number of hydrogen-bond donors (Lipinski definition) is 1. The second-order valence-corrected chi connectivity index (χ2v) is 12.2. The van der Waals surface area contributed by atoms with E-state index in [-0.39, 0.29) is 17.4 Å². The fraction of sp³-hybridized carbons (Fsp3) is 0.351. The van der Waals surface area contributed by atoms with Gasteiger partial charge in [0.1, 0.15) is 30.5 Å². The summed E-state index contributed by atoms with van der Waals surface area (Å²) >= 11 is 0. The lowest BCUT2D eigenvalue weighted by Crippen LogP contribution is -2.29. The Bertz CT molecular complexity index is 1760. The Kier molecular flexibility index (Phi) is 10.3. The molecule has 10 nitrogen and oxygen atoms in total. The maximum atomic E-state index is 12.4. The van der Waals surface area contributed by atoms with Crippen LogP contribution in [0.3, 0.4) is 0 Å². The molecule has 1 aliphatic heterocycles. The molecule has 3 heterocycles. The molecule has 0 spiro atoms. The Morgan fingerprint density at radius 3 is 2.15 bits per heavy atom. The van der Waals surface area contributed by atoms with Gasteiger partial charge in [-0.3, -0.25) is 9.69 Å². The molecule has 0 bridgehead atoms. The predicted octanol–water partition coefficient (Wildman–Crippen LogP) is 6.88. The van der Waals surface area contributed by atoms with Crippen LogP contribution in [0, 0.1) is 0 Å². The topological polar surface area (TPSA) is 130 Å². The van der Waals surface area contributed by atoms with Crippen molar-refractivity contribution in [1.82, 2.24) is 20.2 Å². The van der Waals surface area contributed by atoms with Crippen LogP contribution < -0.4 is 15.2 Å². The Morgan fingerprint density at radius 2 is 1.51 bits per heavy atom. The number of nitrogens with two attached hydrogens (primary N) is 1. The molecule has 244 valence electrons. The molecule has 10 heteroatoms. The van der Waals surface area contributed by atoms with E-state index in [0.717, 1.165) is 53.9 Å². The molecule has 2 N–H and O–H groups in total. The van der Waals surface area contributed by atoms with Gasteiger partial charge in [0, 0.05) is 12.5 Å². The second kappa shape index (κ2) is 15.1. The summed E-state index contributed by atoms with van der Waals surface area (Å²) in [6.07, 6.45) is 4.46. The van der Waals surface area contributed by atoms with E-state index in [1.807, 2.05) is 66.7 Å². The van der Waals surface area contributed by atoms with Crippen molar-refractivity contribution < 1.29 is 23.3 Å². The molecule has 0 unspecified atom stereocenters. The van der Waals surface area contributed by atoms with Crippen LogP contribution in [0.1, 0.15) is 83.4 Å². The number of carbonyl (C=O) groups excluding carboxylic acids is 1. The van der Waals surface area contributed by atoms with Gasteiger partial charge in [0.15, 0.2) is 5.69 Å². The third-order valence-electron chi connectivity index (χ3n) is 8.41. The average Bonchev–Trinajstić information content (AvgIpc) is 3.74. The highest BCUT2D eigenvalue weighted by Crippen LogP contribution is 2.36. The van der Waals surface area contributed by atoms with Gasteiger partial charge < -0.3 is 24.3 Å². The summed E-state index contributed by atoms with van der Waals surface area (Å²) < 4.78 is 24.1. The van der Waals surface area contributed by atoms with Crippen molar-refractivity contribution in [2.75, 3.05) is 13.1 Å². The maximum absolute atomic E-state index is 12.4. The molecule has 5 aromatic rings. The highest BCUT2D eigenvalue weighted by Gasteiger charge is 2.27. The standard InChI is InChI=1S/C37H41N5O5/c1-25(2)29-20-28(31(44-23-26-12-6-3-7-13-26)21-32(29)45-24-27-14-8-4-9-15-27)16-17-30-34(35(36(38)43)40-46-30)37-39-33(47-41-37)22-42-18-10-5-11-19-42/h3-4,6-9,12-15,20-21,25H,5,10-11,16-19,22-24H2,1-2H3,(H2,38,43). The van der Waals surface area contributed by atoms with Crippen LogP contribution in [0.2, 0.25) is 0 Å². The number of aromatic nitrogens is 3. The summed E-state index contributed by atoms with van der Waals surface area (Å²) in [6.45, 7) is 7.67. The van der Waals surface area contributed by atoms with E-state index >= 15 is 0 Å². The molecule has 47 heavy (non-hydrogen) atoms. The maximum Gasteiger partial charge on any atom is 0.271 e. The Morgan fingerprint density at radius 1 is 0.851 bits per heavy atom. The van der Waals surface area contributed by atoms with E-state index in [1.165, 1.54) is 6.42 Å². The zero-order valence-corrected chi connectivity index (χ0v) is 27.0. The van der Waals surface area contributed by atoms with Gasteiger partial charge in [-0.15, -0.1) is 0 Å². The van der Waals surface area contributed by atoms with E-state index in [9.17, 15) is 4.79 Å². The fourth-order valence-electron chi connectivity index (χ4n) is 5.87. The number of piperidine rings is 1. The van der Waals surface area contributed by atoms with E-state index < -0.39 is 5.91 Å². The Hall–Kier alpha value is -4.96. The summed E-state index contributed by atoms with van der Waals surface area (Å²) in [5.74, 6) is 2.15. The van der Waals surface area contributed by atoms with Gasteiger partial charge in [0.25, 0.3) is 5.91 Å². The molecule has 2 aromatic heterocycles. The lowest BCUT2D eigenvalue weighted by Gasteiger charge is -2.24. The first-order chi connectivity index (χ1) is 22.9. The van der Waals surface area contributed by atoms with Gasteiger partial charge in [-0.2, -0.15) is 4.98 Å². The summed E-state index contributed by atoms with van der Waals surface area (Å²) in [6, 6.07) is 24.3. The number of amides is 1. The summed E-state index contributed by atoms with van der Waals surface area (Å²) in [5.41, 5.74) is 10.2. The van der Waals surface area contributed by atoms with Crippen molar-refractivity contribution in [2.24, 2.45) is 5.73 Å². The normalized spacial score (nSPS) is 13.6. The van der Waals surface area contributed by atoms with Crippen LogP contribution >= 0.6 is 0 Å². The van der Waals surface area contributed by atoms with Crippen LogP contribution in [-0.4, -0.2) is 39.2 Å². The minimum Gasteiger partial charge on any atom is -0.488 e. The number of hydrogen-bond acceptors (Lipinski definition) is 9. The average molecular weight is 636 g/mol. The first-order valence-electron chi connectivity index (χ1n) is 16.3. The van der Waals surface area contributed by atoms with Crippen LogP contribution in [0.5, 0.6) is 11.5 Å². The second-order valence-electron chi connectivity index (χ2n) is 12.2. The van der Waals surface area contributed by atoms with Gasteiger partial charge in [0.2, 0.25) is 11.7 Å². The molecule has 0 saturated carbocycles.